The minimum atomic E-state index is 0.690. The quantitative estimate of drug-likeness (QED) is 0.709. The minimum absolute atomic E-state index is 0.690. The Hall–Kier alpha value is -0.0400. The molecule has 0 spiro atoms. The van der Waals surface area contributed by atoms with Gasteiger partial charge in [0.2, 0.25) is 0 Å². The molecule has 1 heteroatoms. The lowest BCUT2D eigenvalue weighted by Crippen LogP contribution is -2.25. The van der Waals surface area contributed by atoms with E-state index in [1.807, 2.05) is 27.7 Å². The van der Waals surface area contributed by atoms with Gasteiger partial charge in [0, 0.05) is 0 Å². The molecule has 0 amide bonds. The molecule has 0 radical (unpaired) electrons. The van der Waals surface area contributed by atoms with E-state index in [-0.39, 0.29) is 0 Å². The molecular formula is C14H35N. The monoisotopic (exact) mass is 217 g/mol. The number of rotatable bonds is 5. The first-order chi connectivity index (χ1) is 7.17. The molecule has 0 aliphatic heterocycles. The van der Waals surface area contributed by atoms with Crippen LogP contribution in [0.5, 0.6) is 0 Å². The molecule has 0 aromatic rings. The van der Waals surface area contributed by atoms with Crippen LogP contribution in [-0.2, 0) is 0 Å². The standard InChI is InChI=1S/C10H23N.2C2H6/c1-5-8(3)10(6-2)9(4)7-11;2*1-2/h8-10H,5-7,11H2,1-4H3;2*1-2H3. The third-order valence-electron chi connectivity index (χ3n) is 2.95. The van der Waals surface area contributed by atoms with Crippen LogP contribution in [-0.4, -0.2) is 6.54 Å². The van der Waals surface area contributed by atoms with Crippen molar-refractivity contribution in [2.75, 3.05) is 6.54 Å². The van der Waals surface area contributed by atoms with Crippen LogP contribution in [0.2, 0.25) is 0 Å². The second kappa shape index (κ2) is 16.4. The fourth-order valence-electron chi connectivity index (χ4n) is 1.84. The molecule has 0 saturated carbocycles. The highest BCUT2D eigenvalue weighted by atomic mass is 14.5. The highest BCUT2D eigenvalue weighted by Gasteiger charge is 2.18. The average Bonchev–Trinajstić information content (AvgIpc) is 2.34. The first kappa shape index (κ1) is 20.4. The Morgan fingerprint density at radius 3 is 1.40 bits per heavy atom. The predicted octanol–water partition coefficient (Wildman–Crippen LogP) is 4.71. The SMILES string of the molecule is CC.CC.CCC(C)C(CC)C(C)CN. The van der Waals surface area contributed by atoms with E-state index in [0.717, 1.165) is 18.4 Å². The summed E-state index contributed by atoms with van der Waals surface area (Å²) in [5.74, 6) is 2.35. The summed E-state index contributed by atoms with van der Waals surface area (Å²) in [4.78, 5) is 0. The highest BCUT2D eigenvalue weighted by molar-refractivity contribution is 4.70. The van der Waals surface area contributed by atoms with Crippen molar-refractivity contribution < 1.29 is 0 Å². The van der Waals surface area contributed by atoms with Crippen molar-refractivity contribution in [3.05, 3.63) is 0 Å². The molecule has 0 fully saturated rings. The van der Waals surface area contributed by atoms with E-state index in [4.69, 9.17) is 5.73 Å². The van der Waals surface area contributed by atoms with Gasteiger partial charge in [-0.05, 0) is 24.3 Å². The van der Waals surface area contributed by atoms with Crippen molar-refractivity contribution in [2.45, 2.75) is 68.2 Å². The van der Waals surface area contributed by atoms with Gasteiger partial charge in [-0.2, -0.15) is 0 Å². The maximum absolute atomic E-state index is 5.64. The molecule has 0 aliphatic rings. The zero-order valence-electron chi connectivity index (χ0n) is 12.4. The minimum Gasteiger partial charge on any atom is -0.330 e. The maximum Gasteiger partial charge on any atom is -0.00488 e. The van der Waals surface area contributed by atoms with Gasteiger partial charge in [0.1, 0.15) is 0 Å². The molecule has 0 aromatic carbocycles. The van der Waals surface area contributed by atoms with Crippen molar-refractivity contribution >= 4 is 0 Å². The number of nitrogens with two attached hydrogens (primary N) is 1. The topological polar surface area (TPSA) is 26.0 Å². The summed E-state index contributed by atoms with van der Waals surface area (Å²) in [6.07, 6.45) is 2.55. The maximum atomic E-state index is 5.64. The molecule has 0 heterocycles. The van der Waals surface area contributed by atoms with Crippen molar-refractivity contribution in [1.29, 1.82) is 0 Å². The third-order valence-corrected chi connectivity index (χ3v) is 2.95. The van der Waals surface area contributed by atoms with Gasteiger partial charge in [-0.25, -0.2) is 0 Å². The molecule has 0 bridgehead atoms. The van der Waals surface area contributed by atoms with E-state index in [0.29, 0.717) is 5.92 Å². The van der Waals surface area contributed by atoms with E-state index >= 15 is 0 Å². The number of hydrogen-bond donors (Lipinski definition) is 1. The Balaban J connectivity index is -0.000000318. The summed E-state index contributed by atoms with van der Waals surface area (Å²) in [5, 5.41) is 0. The largest absolute Gasteiger partial charge is 0.330 e. The lowest BCUT2D eigenvalue weighted by atomic mass is 9.80. The average molecular weight is 217 g/mol. The first-order valence-corrected chi connectivity index (χ1v) is 6.87. The van der Waals surface area contributed by atoms with Gasteiger partial charge in [-0.1, -0.05) is 68.2 Å². The Labute approximate surface area is 98.8 Å². The van der Waals surface area contributed by atoms with Crippen LogP contribution in [0.15, 0.2) is 0 Å². The van der Waals surface area contributed by atoms with Crippen LogP contribution in [0.4, 0.5) is 0 Å². The van der Waals surface area contributed by atoms with Gasteiger partial charge in [0.25, 0.3) is 0 Å². The highest BCUT2D eigenvalue weighted by Crippen LogP contribution is 2.25. The molecule has 0 rings (SSSR count). The fraction of sp³-hybridized carbons (Fsp3) is 1.00. The summed E-state index contributed by atoms with van der Waals surface area (Å²) in [5.41, 5.74) is 5.64. The van der Waals surface area contributed by atoms with Crippen LogP contribution in [0.3, 0.4) is 0 Å². The van der Waals surface area contributed by atoms with E-state index < -0.39 is 0 Å². The van der Waals surface area contributed by atoms with Crippen molar-refractivity contribution in [3.8, 4) is 0 Å². The van der Waals surface area contributed by atoms with E-state index in [2.05, 4.69) is 27.7 Å². The van der Waals surface area contributed by atoms with Crippen LogP contribution in [0, 0.1) is 17.8 Å². The zero-order chi connectivity index (χ0) is 12.9. The summed E-state index contributed by atoms with van der Waals surface area (Å²) in [6.45, 7) is 18.0. The molecule has 3 unspecified atom stereocenters. The molecule has 0 aliphatic carbocycles. The van der Waals surface area contributed by atoms with Crippen LogP contribution >= 0.6 is 0 Å². The first-order valence-electron chi connectivity index (χ1n) is 6.87. The van der Waals surface area contributed by atoms with Gasteiger partial charge < -0.3 is 5.73 Å². The molecule has 96 valence electrons. The zero-order valence-corrected chi connectivity index (χ0v) is 12.4. The lowest BCUT2D eigenvalue weighted by molar-refractivity contribution is 0.246. The third kappa shape index (κ3) is 10.2. The summed E-state index contributed by atoms with van der Waals surface area (Å²) in [7, 11) is 0. The van der Waals surface area contributed by atoms with Crippen LogP contribution in [0.25, 0.3) is 0 Å². The van der Waals surface area contributed by atoms with Crippen LogP contribution < -0.4 is 5.73 Å². The molecule has 1 nitrogen and oxygen atoms in total. The lowest BCUT2D eigenvalue weighted by Gasteiger charge is -2.26. The summed E-state index contributed by atoms with van der Waals surface area (Å²) in [6, 6.07) is 0. The second-order valence-electron chi connectivity index (χ2n) is 3.67. The van der Waals surface area contributed by atoms with Gasteiger partial charge >= 0.3 is 0 Å². The molecule has 3 atom stereocenters. The predicted molar refractivity (Wildman–Crippen MR) is 74.2 cm³/mol. The van der Waals surface area contributed by atoms with E-state index in [1.165, 1.54) is 12.8 Å². The number of hydrogen-bond acceptors (Lipinski definition) is 1. The normalized spacial score (nSPS) is 15.0. The van der Waals surface area contributed by atoms with Gasteiger partial charge in [-0.15, -0.1) is 0 Å². The van der Waals surface area contributed by atoms with Gasteiger partial charge in [0.15, 0.2) is 0 Å². The Bertz CT molecular complexity index is 81.3. The Morgan fingerprint density at radius 1 is 0.800 bits per heavy atom. The van der Waals surface area contributed by atoms with Crippen molar-refractivity contribution in [2.24, 2.45) is 23.5 Å². The molecule has 2 N–H and O–H groups in total. The fourth-order valence-corrected chi connectivity index (χ4v) is 1.84. The van der Waals surface area contributed by atoms with Gasteiger partial charge in [0.05, 0.1) is 0 Å². The molecular weight excluding hydrogens is 182 g/mol. The summed E-state index contributed by atoms with van der Waals surface area (Å²) < 4.78 is 0. The molecule has 0 saturated heterocycles. The molecule has 0 aromatic heterocycles. The van der Waals surface area contributed by atoms with Gasteiger partial charge in [-0.3, -0.25) is 0 Å². The van der Waals surface area contributed by atoms with Crippen LogP contribution in [0.1, 0.15) is 68.2 Å². The van der Waals surface area contributed by atoms with E-state index in [1.54, 1.807) is 0 Å². The smallest absolute Gasteiger partial charge is 0.00488 e. The van der Waals surface area contributed by atoms with Crippen molar-refractivity contribution in [3.63, 3.8) is 0 Å². The second-order valence-corrected chi connectivity index (χ2v) is 3.67. The Morgan fingerprint density at radius 2 is 1.20 bits per heavy atom. The van der Waals surface area contributed by atoms with Crippen molar-refractivity contribution in [1.82, 2.24) is 0 Å². The van der Waals surface area contributed by atoms with E-state index in [9.17, 15) is 0 Å². The Kier molecular flexibility index (Phi) is 22.3. The molecule has 15 heavy (non-hydrogen) atoms. The summed E-state index contributed by atoms with van der Waals surface area (Å²) >= 11 is 0.